The van der Waals surface area contributed by atoms with Crippen molar-refractivity contribution in [3.05, 3.63) is 24.3 Å². The lowest BCUT2D eigenvalue weighted by atomic mass is 9.94. The van der Waals surface area contributed by atoms with Gasteiger partial charge in [0.25, 0.3) is 0 Å². The van der Waals surface area contributed by atoms with Gasteiger partial charge in [-0.15, -0.1) is 6.58 Å². The van der Waals surface area contributed by atoms with Crippen LogP contribution in [0.3, 0.4) is 0 Å². The fourth-order valence-electron chi connectivity index (χ4n) is 1.70. The van der Waals surface area contributed by atoms with Crippen LogP contribution >= 0.6 is 0 Å². The van der Waals surface area contributed by atoms with Crippen LogP contribution in [0.25, 0.3) is 0 Å². The molecule has 0 spiro atoms. The first-order valence-corrected chi connectivity index (χ1v) is 6.59. The van der Waals surface area contributed by atoms with Crippen LogP contribution in [-0.2, 0) is 0 Å². The number of hydrogen-bond acceptors (Lipinski definition) is 4. The van der Waals surface area contributed by atoms with Gasteiger partial charge in [-0.25, -0.2) is 0 Å². The Labute approximate surface area is 116 Å². The van der Waals surface area contributed by atoms with Crippen LogP contribution in [0.4, 0.5) is 0 Å². The number of aliphatic hydroxyl groups excluding tert-OH is 2. The van der Waals surface area contributed by atoms with E-state index in [4.69, 9.17) is 0 Å². The van der Waals surface area contributed by atoms with Crippen molar-refractivity contribution in [1.82, 2.24) is 0 Å². The number of rotatable bonds is 8. The maximum atomic E-state index is 9.82. The Bertz CT molecular complexity index is 313. The van der Waals surface area contributed by atoms with Crippen LogP contribution in [0.15, 0.2) is 24.3 Å². The largest absolute Gasteiger partial charge is 0.390 e. The minimum atomic E-state index is -1.12. The molecule has 3 atom stereocenters. The molecule has 0 aliphatic rings. The van der Waals surface area contributed by atoms with Gasteiger partial charge in [-0.3, -0.25) is 0 Å². The second-order valence-electron chi connectivity index (χ2n) is 6.05. The third kappa shape index (κ3) is 8.16. The van der Waals surface area contributed by atoms with Gasteiger partial charge in [0.1, 0.15) is 0 Å². The molecule has 4 nitrogen and oxygen atoms in total. The molecular weight excluding hydrogens is 244 g/mol. The fraction of sp³-hybridized carbons (Fsp3) is 0.733. The Hall–Kier alpha value is -0.680. The Morgan fingerprint density at radius 2 is 1.74 bits per heavy atom. The predicted molar refractivity (Wildman–Crippen MR) is 76.7 cm³/mol. The second-order valence-corrected chi connectivity index (χ2v) is 6.05. The van der Waals surface area contributed by atoms with Crippen molar-refractivity contribution in [3.63, 3.8) is 0 Å². The SMILES string of the molecule is C=C[C@@](C)(O)C[C@H](O)C=C(C)CC[C@@H](O)C(C)(C)O. The van der Waals surface area contributed by atoms with E-state index in [0.29, 0.717) is 12.8 Å². The number of aliphatic hydroxyl groups is 4. The summed E-state index contributed by atoms with van der Waals surface area (Å²) in [5.41, 5.74) is -1.30. The van der Waals surface area contributed by atoms with Crippen molar-refractivity contribution >= 4 is 0 Å². The lowest BCUT2D eigenvalue weighted by Crippen LogP contribution is -2.35. The summed E-state index contributed by atoms with van der Waals surface area (Å²) in [7, 11) is 0. The maximum Gasteiger partial charge on any atom is 0.0849 e. The molecule has 0 unspecified atom stereocenters. The van der Waals surface area contributed by atoms with Gasteiger partial charge in [-0.05, 0) is 40.5 Å². The Balaban J connectivity index is 4.31. The highest BCUT2D eigenvalue weighted by Crippen LogP contribution is 2.19. The van der Waals surface area contributed by atoms with Gasteiger partial charge in [0.05, 0.1) is 23.4 Å². The van der Waals surface area contributed by atoms with Crippen molar-refractivity contribution in [2.24, 2.45) is 0 Å². The van der Waals surface area contributed by atoms with E-state index in [1.54, 1.807) is 26.8 Å². The summed E-state index contributed by atoms with van der Waals surface area (Å²) >= 11 is 0. The van der Waals surface area contributed by atoms with Crippen LogP contribution < -0.4 is 0 Å². The molecule has 0 rings (SSSR count). The fourth-order valence-corrected chi connectivity index (χ4v) is 1.70. The van der Waals surface area contributed by atoms with E-state index < -0.39 is 23.4 Å². The lowest BCUT2D eigenvalue weighted by Gasteiger charge is -2.24. The van der Waals surface area contributed by atoms with Crippen LogP contribution in [0.1, 0.15) is 47.0 Å². The molecular formula is C15H28O4. The average molecular weight is 272 g/mol. The summed E-state index contributed by atoms with van der Waals surface area (Å²) in [6.07, 6.45) is 2.69. The molecule has 0 saturated carbocycles. The molecule has 0 aliphatic heterocycles. The first-order valence-electron chi connectivity index (χ1n) is 6.59. The van der Waals surface area contributed by atoms with Crippen LogP contribution in [0.2, 0.25) is 0 Å². The van der Waals surface area contributed by atoms with E-state index in [2.05, 4.69) is 6.58 Å². The van der Waals surface area contributed by atoms with Crippen molar-refractivity contribution in [2.45, 2.75) is 70.4 Å². The summed E-state index contributed by atoms with van der Waals surface area (Å²) in [6, 6.07) is 0. The molecule has 0 aromatic heterocycles. The summed E-state index contributed by atoms with van der Waals surface area (Å²) in [4.78, 5) is 0. The number of hydrogen-bond donors (Lipinski definition) is 4. The quantitative estimate of drug-likeness (QED) is 0.505. The third-order valence-corrected chi connectivity index (χ3v) is 3.17. The van der Waals surface area contributed by atoms with E-state index in [9.17, 15) is 20.4 Å². The Morgan fingerprint density at radius 1 is 1.21 bits per heavy atom. The highest BCUT2D eigenvalue weighted by atomic mass is 16.3. The minimum absolute atomic E-state index is 0.182. The lowest BCUT2D eigenvalue weighted by molar-refractivity contribution is -0.0510. The Morgan fingerprint density at radius 3 is 2.16 bits per heavy atom. The van der Waals surface area contributed by atoms with E-state index in [1.807, 2.05) is 6.92 Å². The van der Waals surface area contributed by atoms with Gasteiger partial charge < -0.3 is 20.4 Å². The minimum Gasteiger partial charge on any atom is -0.390 e. The zero-order valence-corrected chi connectivity index (χ0v) is 12.4. The molecule has 0 fully saturated rings. The van der Waals surface area contributed by atoms with Gasteiger partial charge in [0.15, 0.2) is 0 Å². The Kier molecular flexibility index (Phi) is 6.94. The molecule has 19 heavy (non-hydrogen) atoms. The highest BCUT2D eigenvalue weighted by Gasteiger charge is 2.24. The normalized spacial score (nSPS) is 19.7. The highest BCUT2D eigenvalue weighted by molar-refractivity contribution is 5.05. The maximum absolute atomic E-state index is 9.82. The molecule has 112 valence electrons. The molecule has 4 N–H and O–H groups in total. The molecule has 4 heteroatoms. The zero-order chi connectivity index (χ0) is 15.3. The second kappa shape index (κ2) is 7.20. The van der Waals surface area contributed by atoms with E-state index in [0.717, 1.165) is 5.57 Å². The first-order chi connectivity index (χ1) is 8.48. The molecule has 0 aromatic rings. The number of allylic oxidation sites excluding steroid dienone is 1. The van der Waals surface area contributed by atoms with Gasteiger partial charge in [-0.2, -0.15) is 0 Å². The zero-order valence-electron chi connectivity index (χ0n) is 12.4. The molecule has 0 heterocycles. The van der Waals surface area contributed by atoms with Gasteiger partial charge in [0.2, 0.25) is 0 Å². The molecule has 0 radical (unpaired) electrons. The van der Waals surface area contributed by atoms with Gasteiger partial charge in [0, 0.05) is 6.42 Å². The predicted octanol–water partition coefficient (Wildman–Crippen LogP) is 1.53. The van der Waals surface area contributed by atoms with Crippen molar-refractivity contribution in [3.8, 4) is 0 Å². The van der Waals surface area contributed by atoms with Gasteiger partial charge >= 0.3 is 0 Å². The molecule has 0 bridgehead atoms. The van der Waals surface area contributed by atoms with E-state index in [-0.39, 0.29) is 6.42 Å². The monoisotopic (exact) mass is 272 g/mol. The van der Waals surface area contributed by atoms with Gasteiger partial charge in [-0.1, -0.05) is 17.7 Å². The standard InChI is InChI=1S/C15H28O4/c1-6-15(5,19)10-12(16)9-11(2)7-8-13(17)14(3,4)18/h6,9,12-13,16-19H,1,7-8,10H2,2-5H3/t12-,13-,15-/m1/s1. The molecule has 0 aliphatic carbocycles. The summed E-state index contributed by atoms with van der Waals surface area (Å²) in [5, 5.41) is 38.9. The average Bonchev–Trinajstić information content (AvgIpc) is 2.23. The third-order valence-electron chi connectivity index (χ3n) is 3.17. The summed E-state index contributed by atoms with van der Waals surface area (Å²) in [6.45, 7) is 10.1. The van der Waals surface area contributed by atoms with Crippen molar-refractivity contribution in [1.29, 1.82) is 0 Å². The van der Waals surface area contributed by atoms with E-state index >= 15 is 0 Å². The summed E-state index contributed by atoms with van der Waals surface area (Å²) in [5.74, 6) is 0. The van der Waals surface area contributed by atoms with Crippen molar-refractivity contribution in [2.75, 3.05) is 0 Å². The topological polar surface area (TPSA) is 80.9 Å². The first kappa shape index (κ1) is 18.3. The van der Waals surface area contributed by atoms with Crippen LogP contribution in [0.5, 0.6) is 0 Å². The molecule has 0 amide bonds. The van der Waals surface area contributed by atoms with Crippen molar-refractivity contribution < 1.29 is 20.4 Å². The van der Waals surface area contributed by atoms with Crippen LogP contribution in [-0.4, -0.2) is 43.8 Å². The molecule has 0 saturated heterocycles. The van der Waals surface area contributed by atoms with Crippen LogP contribution in [0, 0.1) is 0 Å². The summed E-state index contributed by atoms with van der Waals surface area (Å²) < 4.78 is 0. The smallest absolute Gasteiger partial charge is 0.0849 e. The molecule has 0 aromatic carbocycles. The van der Waals surface area contributed by atoms with E-state index in [1.165, 1.54) is 6.08 Å².